The number of fused-ring (bicyclic) bond motifs is 1. The van der Waals surface area contributed by atoms with Crippen molar-refractivity contribution in [2.45, 2.75) is 77.7 Å². The second kappa shape index (κ2) is 12.7. The van der Waals surface area contributed by atoms with E-state index in [1.54, 1.807) is 57.7 Å². The molecule has 4 rings (SSSR count). The van der Waals surface area contributed by atoms with Gasteiger partial charge in [-0.3, -0.25) is 14.5 Å². The average Bonchev–Trinajstić information content (AvgIpc) is 3.32. The number of nitrogens with zero attached hydrogens (tertiary/aromatic N) is 1. The zero-order chi connectivity index (χ0) is 30.6. The number of hydrogen-bond donors (Lipinski definition) is 1. The van der Waals surface area contributed by atoms with Crippen LogP contribution >= 0.6 is 0 Å². The van der Waals surface area contributed by atoms with Gasteiger partial charge in [0.2, 0.25) is 5.91 Å². The second-order valence-corrected chi connectivity index (χ2v) is 11.5. The molecule has 2 aliphatic rings. The molecule has 1 N–H and O–H groups in total. The zero-order valence-corrected chi connectivity index (χ0v) is 24.9. The third-order valence-corrected chi connectivity index (χ3v) is 6.82. The molecule has 2 aromatic carbocycles. The van der Waals surface area contributed by atoms with Crippen LogP contribution in [0.15, 0.2) is 30.3 Å². The van der Waals surface area contributed by atoms with Gasteiger partial charge in [-0.25, -0.2) is 9.59 Å². The van der Waals surface area contributed by atoms with E-state index in [0.29, 0.717) is 31.3 Å². The third-order valence-electron chi connectivity index (χ3n) is 6.82. The standard InChI is InChI=1S/C31H38N2O9/c1-18-11-25(28(29(36)38-6)26(12-18)40-19(2)16-34)39-17-21-13-23(15-33(21)30(37)42-31(3,4)5)41-22-9-7-20-8-10-27(35)32-24(20)14-22/h7,9,11-12,14,16,19,21,23H,8,10,13,15,17H2,1-6H3,(H,32,35)/t19-,21+,23-/m0/s1. The minimum atomic E-state index is -0.796. The molecule has 2 aromatic rings. The highest BCUT2D eigenvalue weighted by Gasteiger charge is 2.39. The van der Waals surface area contributed by atoms with Crippen molar-refractivity contribution in [1.29, 1.82) is 0 Å². The number of hydrogen-bond acceptors (Lipinski definition) is 9. The molecule has 0 radical (unpaired) electrons. The van der Waals surface area contributed by atoms with Crippen molar-refractivity contribution in [2.75, 3.05) is 25.6 Å². The highest BCUT2D eigenvalue weighted by atomic mass is 16.6. The van der Waals surface area contributed by atoms with Crippen molar-refractivity contribution in [2.24, 2.45) is 0 Å². The molecule has 0 aliphatic carbocycles. The summed E-state index contributed by atoms with van der Waals surface area (Å²) in [6.45, 7) is 9.01. The Kier molecular flexibility index (Phi) is 9.28. The largest absolute Gasteiger partial charge is 0.490 e. The van der Waals surface area contributed by atoms with Gasteiger partial charge in [0.15, 0.2) is 12.4 Å². The van der Waals surface area contributed by atoms with E-state index in [9.17, 15) is 19.2 Å². The summed E-state index contributed by atoms with van der Waals surface area (Å²) in [6.07, 6.45) is 0.477. The van der Waals surface area contributed by atoms with Gasteiger partial charge in [0.05, 0.1) is 19.7 Å². The molecule has 0 spiro atoms. The Balaban J connectivity index is 1.56. The molecule has 1 fully saturated rings. The lowest BCUT2D eigenvalue weighted by Gasteiger charge is -2.28. The Morgan fingerprint density at radius 1 is 1.14 bits per heavy atom. The maximum Gasteiger partial charge on any atom is 0.410 e. The number of nitrogens with one attached hydrogen (secondary N) is 1. The number of carbonyl (C=O) groups is 4. The van der Waals surface area contributed by atoms with Gasteiger partial charge < -0.3 is 29.0 Å². The second-order valence-electron chi connectivity index (χ2n) is 11.5. The molecule has 2 heterocycles. The van der Waals surface area contributed by atoms with E-state index in [1.807, 2.05) is 12.1 Å². The van der Waals surface area contributed by atoms with E-state index in [2.05, 4.69) is 5.32 Å². The van der Waals surface area contributed by atoms with Crippen LogP contribution in [-0.4, -0.2) is 73.3 Å². The van der Waals surface area contributed by atoms with E-state index in [-0.39, 0.29) is 42.2 Å². The van der Waals surface area contributed by atoms with E-state index >= 15 is 0 Å². The van der Waals surface area contributed by atoms with Gasteiger partial charge in [-0.2, -0.15) is 0 Å². The van der Waals surface area contributed by atoms with Crippen LogP contribution in [0.4, 0.5) is 10.5 Å². The van der Waals surface area contributed by atoms with Gasteiger partial charge in [0.25, 0.3) is 0 Å². The number of anilines is 1. The number of aldehydes is 1. The molecular formula is C31H38N2O9. The summed E-state index contributed by atoms with van der Waals surface area (Å²) in [6, 6.07) is 8.44. The molecule has 11 nitrogen and oxygen atoms in total. The summed E-state index contributed by atoms with van der Waals surface area (Å²) in [4.78, 5) is 50.6. The van der Waals surface area contributed by atoms with Crippen molar-refractivity contribution < 1.29 is 42.9 Å². The van der Waals surface area contributed by atoms with Gasteiger partial charge in [-0.05, 0) is 70.4 Å². The Morgan fingerprint density at radius 3 is 2.57 bits per heavy atom. The van der Waals surface area contributed by atoms with Crippen LogP contribution in [-0.2, 0) is 25.5 Å². The average molecular weight is 583 g/mol. The summed E-state index contributed by atoms with van der Waals surface area (Å²) < 4.78 is 28.7. The maximum atomic E-state index is 13.2. The zero-order valence-electron chi connectivity index (χ0n) is 24.9. The Hall–Kier alpha value is -4.28. The predicted octanol–water partition coefficient (Wildman–Crippen LogP) is 4.47. The van der Waals surface area contributed by atoms with E-state index in [4.69, 9.17) is 23.7 Å². The van der Waals surface area contributed by atoms with Crippen molar-refractivity contribution in [3.63, 3.8) is 0 Å². The monoisotopic (exact) mass is 582 g/mol. The van der Waals surface area contributed by atoms with Crippen molar-refractivity contribution in [3.05, 3.63) is 47.0 Å². The van der Waals surface area contributed by atoms with Crippen molar-refractivity contribution in [1.82, 2.24) is 4.90 Å². The quantitative estimate of drug-likeness (QED) is 0.336. The molecule has 0 aromatic heterocycles. The fourth-order valence-electron chi connectivity index (χ4n) is 4.92. The fraction of sp³-hybridized carbons (Fsp3) is 0.484. The number of likely N-dealkylation sites (tertiary alicyclic amines) is 1. The van der Waals surface area contributed by atoms with Crippen LogP contribution in [0.1, 0.15) is 62.0 Å². The Morgan fingerprint density at radius 2 is 1.88 bits per heavy atom. The molecule has 1 saturated heterocycles. The van der Waals surface area contributed by atoms with Gasteiger partial charge >= 0.3 is 12.1 Å². The maximum absolute atomic E-state index is 13.2. The van der Waals surface area contributed by atoms with Gasteiger partial charge in [-0.15, -0.1) is 0 Å². The summed E-state index contributed by atoms with van der Waals surface area (Å²) in [5, 5.41) is 2.88. The van der Waals surface area contributed by atoms with Crippen LogP contribution in [0.2, 0.25) is 0 Å². The number of amides is 2. The number of ether oxygens (including phenoxy) is 5. The van der Waals surface area contributed by atoms with Gasteiger partial charge in [0, 0.05) is 24.6 Å². The molecule has 2 amide bonds. The molecule has 0 unspecified atom stereocenters. The number of esters is 1. The molecular weight excluding hydrogens is 544 g/mol. The van der Waals surface area contributed by atoms with Crippen LogP contribution in [0.5, 0.6) is 17.2 Å². The van der Waals surface area contributed by atoms with Gasteiger partial charge in [-0.1, -0.05) is 6.07 Å². The van der Waals surface area contributed by atoms with Crippen molar-refractivity contribution >= 4 is 29.9 Å². The highest BCUT2D eigenvalue weighted by Crippen LogP contribution is 2.34. The first kappa shape index (κ1) is 30.7. The normalized spacial score (nSPS) is 18.8. The number of carbonyl (C=O) groups excluding carboxylic acids is 4. The van der Waals surface area contributed by atoms with Crippen LogP contribution in [0.3, 0.4) is 0 Å². The molecule has 0 saturated carbocycles. The molecule has 2 aliphatic heterocycles. The van der Waals surface area contributed by atoms with E-state index in [1.165, 1.54) is 7.11 Å². The molecule has 226 valence electrons. The minimum Gasteiger partial charge on any atom is -0.490 e. The first-order valence-electron chi connectivity index (χ1n) is 13.9. The predicted molar refractivity (Wildman–Crippen MR) is 153 cm³/mol. The molecule has 42 heavy (non-hydrogen) atoms. The van der Waals surface area contributed by atoms with Crippen molar-refractivity contribution in [3.8, 4) is 17.2 Å². The number of aryl methyl sites for hydroxylation is 2. The van der Waals surface area contributed by atoms with E-state index in [0.717, 1.165) is 16.8 Å². The van der Waals surface area contributed by atoms with E-state index < -0.39 is 29.8 Å². The minimum absolute atomic E-state index is 0.0233. The van der Waals surface area contributed by atoms with Crippen LogP contribution in [0, 0.1) is 6.92 Å². The smallest absolute Gasteiger partial charge is 0.410 e. The fourth-order valence-corrected chi connectivity index (χ4v) is 4.92. The van der Waals surface area contributed by atoms with Gasteiger partial charge in [0.1, 0.15) is 41.1 Å². The lowest BCUT2D eigenvalue weighted by Crippen LogP contribution is -2.42. The molecule has 0 bridgehead atoms. The summed E-state index contributed by atoms with van der Waals surface area (Å²) in [5.74, 6) is 0.213. The SMILES string of the molecule is COC(=O)c1c(OC[C@H]2C[C@H](Oc3ccc4c(c3)NC(=O)CC4)CN2C(=O)OC(C)(C)C)cc(C)cc1O[C@@H](C)C=O. The number of rotatable bonds is 9. The number of methoxy groups -OCH3 is 1. The lowest BCUT2D eigenvalue weighted by molar-refractivity contribution is -0.116. The van der Waals surface area contributed by atoms with Crippen LogP contribution in [0.25, 0.3) is 0 Å². The third kappa shape index (κ3) is 7.51. The highest BCUT2D eigenvalue weighted by molar-refractivity contribution is 5.96. The lowest BCUT2D eigenvalue weighted by atomic mass is 10.0. The number of benzene rings is 2. The molecule has 11 heteroatoms. The van der Waals surface area contributed by atoms with Crippen LogP contribution < -0.4 is 19.5 Å². The topological polar surface area (TPSA) is 130 Å². The summed E-state index contributed by atoms with van der Waals surface area (Å²) in [5.41, 5.74) is 1.83. The summed E-state index contributed by atoms with van der Waals surface area (Å²) in [7, 11) is 1.24. The molecule has 3 atom stereocenters. The summed E-state index contributed by atoms with van der Waals surface area (Å²) >= 11 is 0. The first-order valence-corrected chi connectivity index (χ1v) is 13.9. The Labute approximate surface area is 245 Å². The Bertz CT molecular complexity index is 1350. The first-order chi connectivity index (χ1) is 19.9.